The molecule has 0 amide bonds. The molecule has 0 radical (unpaired) electrons. The Bertz CT molecular complexity index is 373. The van der Waals surface area contributed by atoms with E-state index in [1.807, 2.05) is 0 Å². The fraction of sp³-hybridized carbons (Fsp3) is 0.625. The molecule has 0 atom stereocenters. The normalized spacial score (nSPS) is 17.4. The smallest absolute Gasteiger partial charge is 0.0412 e. The van der Waals surface area contributed by atoms with Crippen LogP contribution < -0.4 is 5.73 Å². The lowest BCUT2D eigenvalue weighted by atomic mass is 9.92. The summed E-state index contributed by atoms with van der Waals surface area (Å²) in [6.45, 7) is 9.81. The number of nitrogens with two attached hydrogens (primary N) is 1. The van der Waals surface area contributed by atoms with Crippen LogP contribution in [0.4, 0.5) is 0 Å². The molecule has 0 saturated carbocycles. The van der Waals surface area contributed by atoms with Gasteiger partial charge in [-0.2, -0.15) is 0 Å². The number of hydrogen-bond acceptors (Lipinski definition) is 2. The Labute approximate surface area is 111 Å². The van der Waals surface area contributed by atoms with Gasteiger partial charge >= 0.3 is 0 Å². The first-order chi connectivity index (χ1) is 8.61. The quantitative estimate of drug-likeness (QED) is 0.865. The van der Waals surface area contributed by atoms with E-state index in [4.69, 9.17) is 5.73 Å². The second-order valence-corrected chi connectivity index (χ2v) is 5.98. The SMILES string of the molecule is CCN(CC(C)C)C1(CN)Cc2ccccc2C1. The number of likely N-dealkylation sites (N-methyl/N-ethyl adjacent to an activating group) is 1. The Balaban J connectivity index is 2.23. The van der Waals surface area contributed by atoms with Gasteiger partial charge in [0.15, 0.2) is 0 Å². The van der Waals surface area contributed by atoms with Gasteiger partial charge < -0.3 is 5.73 Å². The van der Waals surface area contributed by atoms with Crippen molar-refractivity contribution in [3.05, 3.63) is 35.4 Å². The van der Waals surface area contributed by atoms with E-state index in [9.17, 15) is 0 Å². The summed E-state index contributed by atoms with van der Waals surface area (Å²) in [7, 11) is 0. The van der Waals surface area contributed by atoms with Gasteiger partial charge in [0.2, 0.25) is 0 Å². The Morgan fingerprint density at radius 1 is 1.22 bits per heavy atom. The van der Waals surface area contributed by atoms with Gasteiger partial charge in [-0.1, -0.05) is 45.0 Å². The molecule has 2 rings (SSSR count). The summed E-state index contributed by atoms with van der Waals surface area (Å²) in [5.41, 5.74) is 9.30. The van der Waals surface area contributed by atoms with E-state index >= 15 is 0 Å². The maximum atomic E-state index is 6.16. The van der Waals surface area contributed by atoms with Crippen LogP contribution in [0.15, 0.2) is 24.3 Å². The number of nitrogens with zero attached hydrogens (tertiary/aromatic N) is 1. The van der Waals surface area contributed by atoms with Gasteiger partial charge in [0.25, 0.3) is 0 Å². The van der Waals surface area contributed by atoms with Crippen LogP contribution in [0.25, 0.3) is 0 Å². The Morgan fingerprint density at radius 3 is 2.17 bits per heavy atom. The van der Waals surface area contributed by atoms with E-state index in [0.717, 1.165) is 32.5 Å². The summed E-state index contributed by atoms with van der Waals surface area (Å²) in [4.78, 5) is 2.59. The molecule has 0 unspecified atom stereocenters. The van der Waals surface area contributed by atoms with Crippen LogP contribution in [0.2, 0.25) is 0 Å². The molecule has 1 aliphatic carbocycles. The van der Waals surface area contributed by atoms with E-state index in [-0.39, 0.29) is 5.54 Å². The van der Waals surface area contributed by atoms with Crippen molar-refractivity contribution in [1.29, 1.82) is 0 Å². The van der Waals surface area contributed by atoms with Crippen molar-refractivity contribution in [2.45, 2.75) is 39.2 Å². The highest BCUT2D eigenvalue weighted by Gasteiger charge is 2.40. The maximum Gasteiger partial charge on any atom is 0.0412 e. The summed E-state index contributed by atoms with van der Waals surface area (Å²) in [6.07, 6.45) is 2.22. The third-order valence-corrected chi connectivity index (χ3v) is 4.18. The Hall–Kier alpha value is -0.860. The second-order valence-electron chi connectivity index (χ2n) is 5.98. The molecule has 0 heterocycles. The van der Waals surface area contributed by atoms with Crippen molar-refractivity contribution < 1.29 is 0 Å². The first-order valence-corrected chi connectivity index (χ1v) is 7.13. The monoisotopic (exact) mass is 246 g/mol. The minimum atomic E-state index is 0.155. The highest BCUT2D eigenvalue weighted by Crippen LogP contribution is 2.34. The average Bonchev–Trinajstić information content (AvgIpc) is 2.75. The molecule has 2 nitrogen and oxygen atoms in total. The highest BCUT2D eigenvalue weighted by atomic mass is 15.2. The fourth-order valence-corrected chi connectivity index (χ4v) is 3.27. The number of hydrogen-bond donors (Lipinski definition) is 1. The predicted octanol–water partition coefficient (Wildman–Crippen LogP) is 2.46. The summed E-state index contributed by atoms with van der Waals surface area (Å²) < 4.78 is 0. The summed E-state index contributed by atoms with van der Waals surface area (Å²) in [5, 5.41) is 0. The third-order valence-electron chi connectivity index (χ3n) is 4.18. The zero-order chi connectivity index (χ0) is 13.2. The molecule has 0 aromatic heterocycles. The maximum absolute atomic E-state index is 6.16. The standard InChI is InChI=1S/C16H26N2/c1-4-18(11-13(2)3)16(12-17)9-14-7-5-6-8-15(14)10-16/h5-8,13H,4,9-12,17H2,1-3H3. The molecule has 100 valence electrons. The number of fused-ring (bicyclic) bond motifs is 1. The zero-order valence-electron chi connectivity index (χ0n) is 11.9. The lowest BCUT2D eigenvalue weighted by Crippen LogP contribution is -2.55. The van der Waals surface area contributed by atoms with Gasteiger partial charge in [0.05, 0.1) is 0 Å². The predicted molar refractivity (Wildman–Crippen MR) is 77.7 cm³/mol. The molecule has 0 spiro atoms. The van der Waals surface area contributed by atoms with E-state index in [1.54, 1.807) is 0 Å². The lowest BCUT2D eigenvalue weighted by Gasteiger charge is -2.41. The van der Waals surface area contributed by atoms with E-state index in [0.29, 0.717) is 5.92 Å². The van der Waals surface area contributed by atoms with Crippen LogP contribution >= 0.6 is 0 Å². The van der Waals surface area contributed by atoms with Crippen molar-refractivity contribution in [2.24, 2.45) is 11.7 Å². The summed E-state index contributed by atoms with van der Waals surface area (Å²) >= 11 is 0. The first-order valence-electron chi connectivity index (χ1n) is 7.13. The largest absolute Gasteiger partial charge is 0.329 e. The molecule has 1 aromatic carbocycles. The van der Waals surface area contributed by atoms with Gasteiger partial charge in [-0.3, -0.25) is 4.90 Å². The van der Waals surface area contributed by atoms with Crippen molar-refractivity contribution in [3.63, 3.8) is 0 Å². The molecular formula is C16H26N2. The second kappa shape index (κ2) is 5.41. The lowest BCUT2D eigenvalue weighted by molar-refractivity contribution is 0.0946. The van der Waals surface area contributed by atoms with Gasteiger partial charge in [-0.15, -0.1) is 0 Å². The molecule has 1 aliphatic rings. The summed E-state index contributed by atoms with van der Waals surface area (Å²) in [6, 6.07) is 8.81. The molecule has 0 saturated heterocycles. The van der Waals surface area contributed by atoms with Crippen LogP contribution in [-0.2, 0) is 12.8 Å². The molecule has 0 fully saturated rings. The minimum absolute atomic E-state index is 0.155. The van der Waals surface area contributed by atoms with E-state index in [1.165, 1.54) is 11.1 Å². The number of benzene rings is 1. The molecule has 2 heteroatoms. The van der Waals surface area contributed by atoms with Crippen molar-refractivity contribution >= 4 is 0 Å². The average molecular weight is 246 g/mol. The fourth-order valence-electron chi connectivity index (χ4n) is 3.27. The topological polar surface area (TPSA) is 29.3 Å². The van der Waals surface area contributed by atoms with Gasteiger partial charge in [-0.05, 0) is 36.4 Å². The van der Waals surface area contributed by atoms with Crippen LogP contribution in [0.3, 0.4) is 0 Å². The van der Waals surface area contributed by atoms with Crippen LogP contribution in [0.1, 0.15) is 31.9 Å². The zero-order valence-corrected chi connectivity index (χ0v) is 11.9. The molecule has 18 heavy (non-hydrogen) atoms. The Morgan fingerprint density at radius 2 is 1.78 bits per heavy atom. The molecule has 0 bridgehead atoms. The van der Waals surface area contributed by atoms with Crippen molar-refractivity contribution in [3.8, 4) is 0 Å². The van der Waals surface area contributed by atoms with Crippen molar-refractivity contribution in [1.82, 2.24) is 4.90 Å². The van der Waals surface area contributed by atoms with Crippen LogP contribution in [0, 0.1) is 5.92 Å². The minimum Gasteiger partial charge on any atom is -0.329 e. The molecular weight excluding hydrogens is 220 g/mol. The molecule has 0 aliphatic heterocycles. The van der Waals surface area contributed by atoms with Gasteiger partial charge in [0.1, 0.15) is 0 Å². The Kier molecular flexibility index (Phi) is 4.08. The highest BCUT2D eigenvalue weighted by molar-refractivity contribution is 5.36. The van der Waals surface area contributed by atoms with Crippen LogP contribution in [-0.4, -0.2) is 30.1 Å². The summed E-state index contributed by atoms with van der Waals surface area (Å²) in [5.74, 6) is 0.692. The van der Waals surface area contributed by atoms with Crippen molar-refractivity contribution in [2.75, 3.05) is 19.6 Å². The van der Waals surface area contributed by atoms with Gasteiger partial charge in [-0.25, -0.2) is 0 Å². The first kappa shape index (κ1) is 13.6. The van der Waals surface area contributed by atoms with Crippen LogP contribution in [0.5, 0.6) is 0 Å². The molecule has 2 N–H and O–H groups in total. The molecule has 1 aromatic rings. The van der Waals surface area contributed by atoms with Gasteiger partial charge in [0, 0.05) is 18.6 Å². The number of rotatable bonds is 5. The van der Waals surface area contributed by atoms with E-state index in [2.05, 4.69) is 49.9 Å². The van der Waals surface area contributed by atoms with E-state index < -0.39 is 0 Å². The third kappa shape index (κ3) is 2.45.